The molecule has 158 valence electrons. The Labute approximate surface area is 181 Å². The number of hydrogen-bond donors (Lipinski definition) is 0. The fourth-order valence-electron chi connectivity index (χ4n) is 4.03. The minimum Gasteiger partial charge on any atom is -0.336 e. The number of sulfonamides is 1. The molecule has 1 aliphatic heterocycles. The van der Waals surface area contributed by atoms with Crippen molar-refractivity contribution in [1.29, 1.82) is 5.26 Å². The van der Waals surface area contributed by atoms with E-state index in [9.17, 15) is 13.2 Å². The van der Waals surface area contributed by atoms with Crippen LogP contribution in [0.25, 0.3) is 10.8 Å². The first-order valence-electron chi connectivity index (χ1n) is 9.97. The summed E-state index contributed by atoms with van der Waals surface area (Å²) in [5.41, 5.74) is 2.34. The van der Waals surface area contributed by atoms with E-state index in [1.807, 2.05) is 31.2 Å². The van der Waals surface area contributed by atoms with Crippen LogP contribution in [0, 0.1) is 25.2 Å². The molecule has 0 bridgehead atoms. The summed E-state index contributed by atoms with van der Waals surface area (Å²) in [6, 6.07) is 14.1. The number of aryl methyl sites for hydroxylation is 2. The van der Waals surface area contributed by atoms with Gasteiger partial charge in [-0.1, -0.05) is 12.1 Å². The van der Waals surface area contributed by atoms with E-state index in [1.165, 1.54) is 16.4 Å². The number of aromatic nitrogens is 1. The van der Waals surface area contributed by atoms with Gasteiger partial charge in [0.2, 0.25) is 10.0 Å². The highest BCUT2D eigenvalue weighted by atomic mass is 32.2. The smallest absolute Gasteiger partial charge is 0.254 e. The summed E-state index contributed by atoms with van der Waals surface area (Å²) in [5, 5.41) is 10.8. The Bertz CT molecular complexity index is 1320. The number of carbonyl (C=O) groups is 1. The third kappa shape index (κ3) is 3.78. The summed E-state index contributed by atoms with van der Waals surface area (Å²) in [4.78, 5) is 19.4. The van der Waals surface area contributed by atoms with E-state index in [0.29, 0.717) is 29.8 Å². The van der Waals surface area contributed by atoms with Crippen molar-refractivity contribution in [2.45, 2.75) is 18.7 Å². The molecule has 31 heavy (non-hydrogen) atoms. The molecule has 0 saturated carbocycles. The van der Waals surface area contributed by atoms with Crippen molar-refractivity contribution in [2.75, 3.05) is 26.2 Å². The molecular formula is C23H22N4O3S. The lowest BCUT2D eigenvalue weighted by Crippen LogP contribution is -2.50. The van der Waals surface area contributed by atoms with Crippen molar-refractivity contribution in [2.24, 2.45) is 0 Å². The van der Waals surface area contributed by atoms with Crippen molar-refractivity contribution in [3.05, 3.63) is 71.0 Å². The molecule has 0 unspecified atom stereocenters. The first-order chi connectivity index (χ1) is 14.8. The van der Waals surface area contributed by atoms with Crippen molar-refractivity contribution in [1.82, 2.24) is 14.2 Å². The van der Waals surface area contributed by atoms with Gasteiger partial charge < -0.3 is 4.90 Å². The van der Waals surface area contributed by atoms with Crippen LogP contribution in [0.4, 0.5) is 0 Å². The molecule has 1 fully saturated rings. The first kappa shape index (κ1) is 21.0. The zero-order valence-electron chi connectivity index (χ0n) is 17.4. The maximum atomic E-state index is 13.2. The number of rotatable bonds is 3. The predicted molar refractivity (Wildman–Crippen MR) is 117 cm³/mol. The second-order valence-corrected chi connectivity index (χ2v) is 9.49. The lowest BCUT2D eigenvalue weighted by molar-refractivity contribution is 0.0700. The van der Waals surface area contributed by atoms with Crippen LogP contribution >= 0.6 is 0 Å². The molecule has 3 aromatic rings. The highest BCUT2D eigenvalue weighted by Crippen LogP contribution is 2.25. The van der Waals surface area contributed by atoms with Gasteiger partial charge in [-0.25, -0.2) is 8.42 Å². The molecule has 1 aromatic heterocycles. The van der Waals surface area contributed by atoms with Gasteiger partial charge in [-0.2, -0.15) is 9.57 Å². The Kier molecular flexibility index (Phi) is 5.48. The fourth-order valence-corrected chi connectivity index (χ4v) is 5.66. The Morgan fingerprint density at radius 3 is 2.48 bits per heavy atom. The summed E-state index contributed by atoms with van der Waals surface area (Å²) < 4.78 is 27.6. The number of benzene rings is 2. The third-order valence-electron chi connectivity index (χ3n) is 5.66. The van der Waals surface area contributed by atoms with Crippen molar-refractivity contribution >= 4 is 26.7 Å². The number of carbonyl (C=O) groups excluding carboxylic acids is 1. The first-order valence-corrected chi connectivity index (χ1v) is 11.4. The molecule has 2 heterocycles. The Morgan fingerprint density at radius 1 is 1.06 bits per heavy atom. The van der Waals surface area contributed by atoms with Gasteiger partial charge in [-0.05, 0) is 55.1 Å². The molecule has 1 amide bonds. The SMILES string of the molecule is Cc1cc(C#N)ccc1S(=O)(=O)N1CCN(C(=O)c2cccc3ccnc(C)c23)CC1. The van der Waals surface area contributed by atoms with Crippen LogP contribution in [-0.2, 0) is 10.0 Å². The van der Waals surface area contributed by atoms with E-state index in [4.69, 9.17) is 5.26 Å². The van der Waals surface area contributed by atoms with E-state index in [-0.39, 0.29) is 23.9 Å². The summed E-state index contributed by atoms with van der Waals surface area (Å²) >= 11 is 0. The maximum absolute atomic E-state index is 13.2. The van der Waals surface area contributed by atoms with E-state index < -0.39 is 10.0 Å². The zero-order valence-corrected chi connectivity index (χ0v) is 18.2. The Hall–Kier alpha value is -3.28. The number of nitriles is 1. The number of pyridine rings is 1. The molecule has 7 nitrogen and oxygen atoms in total. The summed E-state index contributed by atoms with van der Waals surface area (Å²) in [6.07, 6.45) is 1.72. The number of amides is 1. The molecule has 0 N–H and O–H groups in total. The lowest BCUT2D eigenvalue weighted by atomic mass is 10.0. The van der Waals surface area contributed by atoms with Gasteiger partial charge in [-0.3, -0.25) is 9.78 Å². The normalized spacial score (nSPS) is 15.1. The van der Waals surface area contributed by atoms with Crippen molar-refractivity contribution in [3.63, 3.8) is 0 Å². The van der Waals surface area contributed by atoms with Crippen molar-refractivity contribution in [3.8, 4) is 6.07 Å². The van der Waals surface area contributed by atoms with Crippen LogP contribution in [-0.4, -0.2) is 54.7 Å². The van der Waals surface area contributed by atoms with Crippen molar-refractivity contribution < 1.29 is 13.2 Å². The molecule has 1 saturated heterocycles. The molecule has 2 aromatic carbocycles. The van der Waals surface area contributed by atoms with Gasteiger partial charge >= 0.3 is 0 Å². The predicted octanol–water partition coefficient (Wildman–Crippen LogP) is 2.87. The van der Waals surface area contributed by atoms with Gasteiger partial charge in [0, 0.05) is 49.0 Å². The highest BCUT2D eigenvalue weighted by molar-refractivity contribution is 7.89. The molecule has 0 aliphatic carbocycles. The van der Waals surface area contributed by atoms with Gasteiger partial charge in [0.05, 0.1) is 16.5 Å². The minimum atomic E-state index is -3.70. The number of piperazine rings is 1. The average Bonchev–Trinajstić information content (AvgIpc) is 2.78. The van der Waals surface area contributed by atoms with Gasteiger partial charge in [-0.15, -0.1) is 0 Å². The quantitative estimate of drug-likeness (QED) is 0.632. The standard InChI is InChI=1S/C23H22N4O3S/c1-16-14-18(15-24)6-7-21(16)31(29,30)27-12-10-26(11-13-27)23(28)20-5-3-4-19-8-9-25-17(2)22(19)20/h3-9,14H,10-13H2,1-2H3. The average molecular weight is 435 g/mol. The lowest BCUT2D eigenvalue weighted by Gasteiger charge is -2.34. The van der Waals surface area contributed by atoms with Crippen LogP contribution in [0.1, 0.15) is 27.2 Å². The molecule has 4 rings (SSSR count). The summed E-state index contributed by atoms with van der Waals surface area (Å²) in [5.74, 6) is -0.117. The highest BCUT2D eigenvalue weighted by Gasteiger charge is 2.31. The topological polar surface area (TPSA) is 94.4 Å². The van der Waals surface area contributed by atoms with E-state index in [2.05, 4.69) is 4.98 Å². The molecule has 0 spiro atoms. The van der Waals surface area contributed by atoms with Crippen LogP contribution < -0.4 is 0 Å². The minimum absolute atomic E-state index is 0.117. The molecular weight excluding hydrogens is 412 g/mol. The molecule has 8 heteroatoms. The number of fused-ring (bicyclic) bond motifs is 1. The molecule has 0 radical (unpaired) electrons. The van der Waals surface area contributed by atoms with Gasteiger partial charge in [0.1, 0.15) is 0 Å². The van der Waals surface area contributed by atoms with Gasteiger partial charge in [0.25, 0.3) is 5.91 Å². The fraction of sp³-hybridized carbons (Fsp3) is 0.261. The molecule has 1 aliphatic rings. The summed E-state index contributed by atoms with van der Waals surface area (Å²) in [7, 11) is -3.70. The number of nitrogens with zero attached hydrogens (tertiary/aromatic N) is 4. The second kappa shape index (κ2) is 8.10. The van der Waals surface area contributed by atoms with Crippen LogP contribution in [0.3, 0.4) is 0 Å². The van der Waals surface area contributed by atoms with Crippen LogP contribution in [0.5, 0.6) is 0 Å². The van der Waals surface area contributed by atoms with E-state index >= 15 is 0 Å². The third-order valence-corrected chi connectivity index (χ3v) is 7.72. The zero-order chi connectivity index (χ0) is 22.2. The van der Waals surface area contributed by atoms with Gasteiger partial charge in [0.15, 0.2) is 0 Å². The largest absolute Gasteiger partial charge is 0.336 e. The Morgan fingerprint density at radius 2 is 1.81 bits per heavy atom. The Balaban J connectivity index is 1.54. The van der Waals surface area contributed by atoms with Crippen LogP contribution in [0.2, 0.25) is 0 Å². The van der Waals surface area contributed by atoms with E-state index in [0.717, 1.165) is 16.5 Å². The van der Waals surface area contributed by atoms with E-state index in [1.54, 1.807) is 30.2 Å². The molecule has 0 atom stereocenters. The second-order valence-electron chi connectivity index (χ2n) is 7.59. The van der Waals surface area contributed by atoms with Crippen LogP contribution in [0.15, 0.2) is 53.6 Å². The maximum Gasteiger partial charge on any atom is 0.254 e. The monoisotopic (exact) mass is 434 g/mol. The summed E-state index contributed by atoms with van der Waals surface area (Å²) in [6.45, 7) is 4.62. The number of hydrogen-bond acceptors (Lipinski definition) is 5.